The van der Waals surface area contributed by atoms with Crippen molar-refractivity contribution in [2.24, 2.45) is 5.92 Å². The van der Waals surface area contributed by atoms with Gasteiger partial charge in [0.05, 0.1) is 13.2 Å². The minimum atomic E-state index is -0.359. The lowest BCUT2D eigenvalue weighted by molar-refractivity contribution is -0.143. The van der Waals surface area contributed by atoms with Crippen molar-refractivity contribution >= 4 is 12.1 Å². The molecule has 0 radical (unpaired) electrons. The van der Waals surface area contributed by atoms with Crippen molar-refractivity contribution in [2.45, 2.75) is 85.0 Å². The molecule has 0 fully saturated rings. The fraction of sp³-hybridized carbons (Fsp3) is 0.895. The Hall–Kier alpha value is -1.26. The van der Waals surface area contributed by atoms with E-state index in [4.69, 9.17) is 9.47 Å². The number of hydrogen-bond acceptors (Lipinski definition) is 4. The number of ether oxygens (including phenoxy) is 2. The normalized spacial score (nSPS) is 10.7. The first-order valence-corrected chi connectivity index (χ1v) is 9.62. The van der Waals surface area contributed by atoms with E-state index in [9.17, 15) is 9.59 Å². The number of unbranched alkanes of at least 4 members (excludes halogenated alkanes) is 7. The number of alkyl carbamates (subject to hydrolysis) is 1. The summed E-state index contributed by atoms with van der Waals surface area (Å²) < 4.78 is 10.2. The minimum Gasteiger partial charge on any atom is -0.466 e. The smallest absolute Gasteiger partial charge is 0.407 e. The van der Waals surface area contributed by atoms with E-state index in [0.29, 0.717) is 32.1 Å². The topological polar surface area (TPSA) is 64.6 Å². The number of hydrogen-bond donors (Lipinski definition) is 1. The van der Waals surface area contributed by atoms with Gasteiger partial charge in [-0.3, -0.25) is 4.79 Å². The first-order chi connectivity index (χ1) is 11.6. The number of carbonyl (C=O) groups excluding carboxylic acids is 2. The van der Waals surface area contributed by atoms with Crippen LogP contribution < -0.4 is 5.32 Å². The largest absolute Gasteiger partial charge is 0.466 e. The Bertz CT molecular complexity index is 318. The van der Waals surface area contributed by atoms with Crippen LogP contribution in [0.4, 0.5) is 4.79 Å². The van der Waals surface area contributed by atoms with Crippen LogP contribution >= 0.6 is 0 Å². The van der Waals surface area contributed by atoms with Crippen LogP contribution in [0.3, 0.4) is 0 Å². The maximum Gasteiger partial charge on any atom is 0.407 e. The van der Waals surface area contributed by atoms with Crippen molar-refractivity contribution in [1.29, 1.82) is 0 Å². The summed E-state index contributed by atoms with van der Waals surface area (Å²) >= 11 is 0. The lowest BCUT2D eigenvalue weighted by Gasteiger charge is -2.08. The summed E-state index contributed by atoms with van der Waals surface area (Å²) in [5, 5.41) is 2.71. The molecule has 0 atom stereocenters. The van der Waals surface area contributed by atoms with Gasteiger partial charge in [0.1, 0.15) is 0 Å². The van der Waals surface area contributed by atoms with Crippen molar-refractivity contribution in [1.82, 2.24) is 5.32 Å². The first-order valence-electron chi connectivity index (χ1n) is 9.62. The van der Waals surface area contributed by atoms with Crippen molar-refractivity contribution in [2.75, 3.05) is 19.8 Å². The first kappa shape index (κ1) is 22.7. The van der Waals surface area contributed by atoms with E-state index >= 15 is 0 Å². The molecule has 1 N–H and O–H groups in total. The van der Waals surface area contributed by atoms with Crippen LogP contribution in [0.1, 0.15) is 85.0 Å². The van der Waals surface area contributed by atoms with Gasteiger partial charge in [-0.2, -0.15) is 0 Å². The maximum atomic E-state index is 11.6. The van der Waals surface area contributed by atoms with Crippen LogP contribution in [0, 0.1) is 5.92 Å². The van der Waals surface area contributed by atoms with Gasteiger partial charge in [-0.25, -0.2) is 4.79 Å². The molecule has 0 saturated heterocycles. The molecule has 0 bridgehead atoms. The molecule has 0 aromatic carbocycles. The quantitative estimate of drug-likeness (QED) is 0.341. The third kappa shape index (κ3) is 17.1. The van der Waals surface area contributed by atoms with E-state index in [2.05, 4.69) is 12.2 Å². The van der Waals surface area contributed by atoms with Crippen LogP contribution in [0.25, 0.3) is 0 Å². The second-order valence-corrected chi connectivity index (χ2v) is 6.72. The molecule has 0 aliphatic carbocycles. The Labute approximate surface area is 147 Å². The lowest BCUT2D eigenvalue weighted by Crippen LogP contribution is -2.26. The summed E-state index contributed by atoms with van der Waals surface area (Å²) in [5.74, 6) is 0.242. The number of rotatable bonds is 15. The zero-order valence-corrected chi connectivity index (χ0v) is 15.9. The molecule has 0 aliphatic rings. The molecular formula is C19H37NO4. The fourth-order valence-electron chi connectivity index (χ4n) is 2.20. The zero-order chi connectivity index (χ0) is 18.0. The number of carbonyl (C=O) groups is 2. The van der Waals surface area contributed by atoms with E-state index in [1.807, 2.05) is 13.8 Å². The predicted molar refractivity (Wildman–Crippen MR) is 97.0 cm³/mol. The molecule has 0 rings (SSSR count). The molecule has 24 heavy (non-hydrogen) atoms. The average Bonchev–Trinajstić information content (AvgIpc) is 2.55. The molecule has 5 heteroatoms. The van der Waals surface area contributed by atoms with Crippen molar-refractivity contribution in [3.8, 4) is 0 Å². The Morgan fingerprint density at radius 2 is 1.54 bits per heavy atom. The van der Waals surface area contributed by atoms with E-state index in [1.54, 1.807) is 0 Å². The SMILES string of the molecule is CCCCCCCCOC(=O)CCCCCNC(=O)OCC(C)C. The van der Waals surface area contributed by atoms with Crippen LogP contribution in [-0.4, -0.2) is 31.8 Å². The molecular weight excluding hydrogens is 306 g/mol. The monoisotopic (exact) mass is 343 g/mol. The Morgan fingerprint density at radius 3 is 2.25 bits per heavy atom. The molecule has 0 spiro atoms. The lowest BCUT2D eigenvalue weighted by atomic mass is 10.1. The van der Waals surface area contributed by atoms with Gasteiger partial charge < -0.3 is 14.8 Å². The molecule has 0 unspecified atom stereocenters. The average molecular weight is 344 g/mol. The summed E-state index contributed by atoms with van der Waals surface area (Å²) in [4.78, 5) is 22.9. The molecule has 1 amide bonds. The molecule has 0 aromatic heterocycles. The highest BCUT2D eigenvalue weighted by Gasteiger charge is 2.04. The highest BCUT2D eigenvalue weighted by Crippen LogP contribution is 2.06. The van der Waals surface area contributed by atoms with Gasteiger partial charge in [0.2, 0.25) is 0 Å². The molecule has 0 saturated carbocycles. The Balaban J connectivity index is 3.30. The second kappa shape index (κ2) is 16.6. The maximum absolute atomic E-state index is 11.6. The number of nitrogens with one attached hydrogen (secondary N) is 1. The predicted octanol–water partition coefficient (Wildman–Crippen LogP) is 4.83. The van der Waals surface area contributed by atoms with Crippen LogP contribution in [0.2, 0.25) is 0 Å². The van der Waals surface area contributed by atoms with Gasteiger partial charge in [-0.15, -0.1) is 0 Å². The minimum absolute atomic E-state index is 0.104. The van der Waals surface area contributed by atoms with E-state index in [-0.39, 0.29) is 12.1 Å². The molecule has 142 valence electrons. The van der Waals surface area contributed by atoms with Gasteiger partial charge in [-0.05, 0) is 25.2 Å². The van der Waals surface area contributed by atoms with Gasteiger partial charge in [0, 0.05) is 13.0 Å². The summed E-state index contributed by atoms with van der Waals surface area (Å²) in [7, 11) is 0. The van der Waals surface area contributed by atoms with Gasteiger partial charge in [0.15, 0.2) is 0 Å². The Morgan fingerprint density at radius 1 is 0.875 bits per heavy atom. The van der Waals surface area contributed by atoms with Crippen LogP contribution in [-0.2, 0) is 14.3 Å². The molecule has 0 aromatic rings. The van der Waals surface area contributed by atoms with E-state index in [0.717, 1.165) is 32.1 Å². The summed E-state index contributed by atoms with van der Waals surface area (Å²) in [5.41, 5.74) is 0. The zero-order valence-electron chi connectivity index (χ0n) is 15.9. The second-order valence-electron chi connectivity index (χ2n) is 6.72. The third-order valence-electron chi connectivity index (χ3n) is 3.64. The molecule has 5 nitrogen and oxygen atoms in total. The summed E-state index contributed by atoms with van der Waals surface area (Å²) in [6.45, 7) is 7.78. The summed E-state index contributed by atoms with van der Waals surface area (Å²) in [6, 6.07) is 0. The van der Waals surface area contributed by atoms with Gasteiger partial charge >= 0.3 is 12.1 Å². The van der Waals surface area contributed by atoms with Gasteiger partial charge in [0.25, 0.3) is 0 Å². The van der Waals surface area contributed by atoms with E-state index < -0.39 is 0 Å². The molecule has 0 aliphatic heterocycles. The fourth-order valence-corrected chi connectivity index (χ4v) is 2.20. The number of esters is 1. The molecule has 0 heterocycles. The van der Waals surface area contributed by atoms with Crippen LogP contribution in [0.5, 0.6) is 0 Å². The van der Waals surface area contributed by atoms with E-state index in [1.165, 1.54) is 25.7 Å². The van der Waals surface area contributed by atoms with Crippen molar-refractivity contribution in [3.63, 3.8) is 0 Å². The highest BCUT2D eigenvalue weighted by molar-refractivity contribution is 5.69. The van der Waals surface area contributed by atoms with Gasteiger partial charge in [-0.1, -0.05) is 59.3 Å². The number of amides is 1. The van der Waals surface area contributed by atoms with Crippen LogP contribution in [0.15, 0.2) is 0 Å². The van der Waals surface area contributed by atoms with Crippen molar-refractivity contribution in [3.05, 3.63) is 0 Å². The van der Waals surface area contributed by atoms with Crippen molar-refractivity contribution < 1.29 is 19.1 Å². The summed E-state index contributed by atoms with van der Waals surface area (Å²) in [6.07, 6.45) is 9.84. The highest BCUT2D eigenvalue weighted by atomic mass is 16.5. The standard InChI is InChI=1S/C19H37NO4/c1-4-5-6-7-8-12-15-23-18(21)13-10-9-11-14-20-19(22)24-16-17(2)3/h17H,4-16H2,1-3H3,(H,20,22). The Kier molecular flexibility index (Phi) is 15.7. The third-order valence-corrected chi connectivity index (χ3v) is 3.64.